The monoisotopic (exact) mass is 366 g/mol. The fraction of sp³-hybridized carbons (Fsp3) is 0.364. The van der Waals surface area contributed by atoms with Gasteiger partial charge in [-0.05, 0) is 50.1 Å². The second kappa shape index (κ2) is 8.71. The third-order valence-corrected chi connectivity index (χ3v) is 4.66. The van der Waals surface area contributed by atoms with Gasteiger partial charge in [-0.2, -0.15) is 0 Å². The topological polar surface area (TPSA) is 58.6 Å². The molecule has 1 heterocycles. The fourth-order valence-electron chi connectivity index (χ4n) is 3.06. The molecule has 0 aromatic heterocycles. The Labute approximate surface area is 160 Å². The molecule has 142 valence electrons. The van der Waals surface area contributed by atoms with Gasteiger partial charge in [0.05, 0.1) is 6.04 Å². The van der Waals surface area contributed by atoms with Gasteiger partial charge in [0.15, 0.2) is 0 Å². The van der Waals surface area contributed by atoms with Crippen molar-refractivity contribution in [2.75, 3.05) is 13.2 Å². The summed E-state index contributed by atoms with van der Waals surface area (Å²) in [6.07, 6.45) is 1.57. The Kier molecular flexibility index (Phi) is 6.12. The number of amides is 2. The molecule has 0 bridgehead atoms. The maximum absolute atomic E-state index is 12.4. The van der Waals surface area contributed by atoms with Crippen LogP contribution in [0, 0.1) is 6.92 Å². The number of rotatable bonds is 7. The Bertz CT molecular complexity index is 784. The molecule has 1 saturated heterocycles. The van der Waals surface area contributed by atoms with E-state index in [0.29, 0.717) is 25.1 Å². The summed E-state index contributed by atoms with van der Waals surface area (Å²) in [4.78, 5) is 26.0. The van der Waals surface area contributed by atoms with E-state index in [2.05, 4.69) is 5.32 Å². The highest BCUT2D eigenvalue weighted by atomic mass is 16.5. The summed E-state index contributed by atoms with van der Waals surface area (Å²) < 4.78 is 5.71. The van der Waals surface area contributed by atoms with Crippen LogP contribution >= 0.6 is 0 Å². The van der Waals surface area contributed by atoms with Gasteiger partial charge in [-0.15, -0.1) is 0 Å². The molecule has 27 heavy (non-hydrogen) atoms. The van der Waals surface area contributed by atoms with E-state index >= 15 is 0 Å². The zero-order valence-corrected chi connectivity index (χ0v) is 15.9. The lowest BCUT2D eigenvalue weighted by Gasteiger charge is -2.17. The van der Waals surface area contributed by atoms with Crippen LogP contribution in [0.3, 0.4) is 0 Å². The molecule has 0 radical (unpaired) electrons. The Balaban J connectivity index is 1.48. The molecule has 0 saturated carbocycles. The largest absolute Gasteiger partial charge is 0.491 e. The molecular weight excluding hydrogens is 340 g/mol. The van der Waals surface area contributed by atoms with Crippen LogP contribution in [0.5, 0.6) is 5.75 Å². The summed E-state index contributed by atoms with van der Waals surface area (Å²) >= 11 is 0. The maximum Gasteiger partial charge on any atom is 0.251 e. The van der Waals surface area contributed by atoms with E-state index in [9.17, 15) is 9.59 Å². The molecule has 1 fully saturated rings. The lowest BCUT2D eigenvalue weighted by molar-refractivity contribution is -0.128. The SMILES string of the molecule is Cc1ccc(OC[C@H](C)NC(=O)c2ccc(CN3CCCC3=O)cc2)cc1. The number of nitrogens with one attached hydrogen (secondary N) is 1. The van der Waals surface area contributed by atoms with Crippen molar-refractivity contribution in [2.45, 2.75) is 39.3 Å². The Morgan fingerprint density at radius 2 is 1.85 bits per heavy atom. The number of ether oxygens (including phenoxy) is 1. The zero-order chi connectivity index (χ0) is 19.2. The molecular formula is C22H26N2O3. The van der Waals surface area contributed by atoms with Crippen molar-refractivity contribution in [3.8, 4) is 5.75 Å². The second-order valence-corrected chi connectivity index (χ2v) is 7.11. The highest BCUT2D eigenvalue weighted by molar-refractivity contribution is 5.94. The van der Waals surface area contributed by atoms with Gasteiger partial charge in [-0.1, -0.05) is 29.8 Å². The molecule has 1 aliphatic heterocycles. The molecule has 0 spiro atoms. The van der Waals surface area contributed by atoms with Crippen molar-refractivity contribution in [3.63, 3.8) is 0 Å². The standard InChI is InChI=1S/C22H26N2O3/c1-16-5-11-20(12-6-16)27-15-17(2)23-22(26)19-9-7-18(8-10-19)14-24-13-3-4-21(24)25/h5-12,17H,3-4,13-15H2,1-2H3,(H,23,26)/t17-/m0/s1. The number of carbonyl (C=O) groups is 2. The van der Waals surface area contributed by atoms with Gasteiger partial charge in [0.1, 0.15) is 12.4 Å². The minimum atomic E-state index is -0.126. The number of hydrogen-bond donors (Lipinski definition) is 1. The van der Waals surface area contributed by atoms with Crippen LogP contribution in [0.1, 0.15) is 41.3 Å². The van der Waals surface area contributed by atoms with Gasteiger partial charge in [-0.3, -0.25) is 9.59 Å². The molecule has 2 amide bonds. The predicted octanol–water partition coefficient (Wildman–Crippen LogP) is 3.31. The zero-order valence-electron chi connectivity index (χ0n) is 15.9. The van der Waals surface area contributed by atoms with E-state index in [1.54, 1.807) is 12.1 Å². The number of aryl methyl sites for hydroxylation is 1. The lowest BCUT2D eigenvalue weighted by Crippen LogP contribution is -2.36. The van der Waals surface area contributed by atoms with Crippen LogP contribution in [-0.4, -0.2) is 35.9 Å². The van der Waals surface area contributed by atoms with Crippen LogP contribution in [-0.2, 0) is 11.3 Å². The summed E-state index contributed by atoms with van der Waals surface area (Å²) in [5, 5.41) is 2.95. The first-order valence-electron chi connectivity index (χ1n) is 9.38. The number of nitrogens with zero attached hydrogens (tertiary/aromatic N) is 1. The summed E-state index contributed by atoms with van der Waals surface area (Å²) in [5.41, 5.74) is 2.83. The minimum Gasteiger partial charge on any atom is -0.491 e. The molecule has 5 heteroatoms. The first-order valence-corrected chi connectivity index (χ1v) is 9.38. The fourth-order valence-corrected chi connectivity index (χ4v) is 3.06. The van der Waals surface area contributed by atoms with Gasteiger partial charge in [-0.25, -0.2) is 0 Å². The number of hydrogen-bond acceptors (Lipinski definition) is 3. The third-order valence-electron chi connectivity index (χ3n) is 4.66. The van der Waals surface area contributed by atoms with E-state index in [1.165, 1.54) is 5.56 Å². The quantitative estimate of drug-likeness (QED) is 0.818. The van der Waals surface area contributed by atoms with Gasteiger partial charge >= 0.3 is 0 Å². The molecule has 0 unspecified atom stereocenters. The number of carbonyl (C=O) groups excluding carboxylic acids is 2. The maximum atomic E-state index is 12.4. The van der Waals surface area contributed by atoms with E-state index < -0.39 is 0 Å². The van der Waals surface area contributed by atoms with Crippen LogP contribution in [0.15, 0.2) is 48.5 Å². The van der Waals surface area contributed by atoms with Crippen molar-refractivity contribution in [1.29, 1.82) is 0 Å². The van der Waals surface area contributed by atoms with Crippen LogP contribution < -0.4 is 10.1 Å². The second-order valence-electron chi connectivity index (χ2n) is 7.11. The highest BCUT2D eigenvalue weighted by Gasteiger charge is 2.20. The van der Waals surface area contributed by atoms with Gasteiger partial charge < -0.3 is 15.0 Å². The molecule has 1 atom stereocenters. The molecule has 0 aliphatic carbocycles. The molecule has 1 N–H and O–H groups in total. The van der Waals surface area contributed by atoms with E-state index in [0.717, 1.165) is 24.3 Å². The summed E-state index contributed by atoms with van der Waals surface area (Å²) in [6, 6.07) is 15.2. The van der Waals surface area contributed by atoms with Crippen molar-refractivity contribution in [1.82, 2.24) is 10.2 Å². The van der Waals surface area contributed by atoms with Crippen molar-refractivity contribution < 1.29 is 14.3 Å². The normalized spacial score (nSPS) is 14.9. The molecule has 2 aromatic rings. The third kappa shape index (κ3) is 5.33. The predicted molar refractivity (Wildman–Crippen MR) is 105 cm³/mol. The van der Waals surface area contributed by atoms with E-state index in [4.69, 9.17) is 4.74 Å². The average Bonchev–Trinajstić information content (AvgIpc) is 3.06. The first-order chi connectivity index (χ1) is 13.0. The van der Waals surface area contributed by atoms with Crippen LogP contribution in [0.25, 0.3) is 0 Å². The Morgan fingerprint density at radius 3 is 2.48 bits per heavy atom. The molecule has 5 nitrogen and oxygen atoms in total. The minimum absolute atomic E-state index is 0.110. The van der Waals surface area contributed by atoms with Gasteiger partial charge in [0.2, 0.25) is 5.91 Å². The van der Waals surface area contributed by atoms with Crippen molar-refractivity contribution in [2.24, 2.45) is 0 Å². The summed E-state index contributed by atoms with van der Waals surface area (Å²) in [5.74, 6) is 0.875. The van der Waals surface area contributed by atoms with Gasteiger partial charge in [0.25, 0.3) is 5.91 Å². The first kappa shape index (κ1) is 19.0. The average molecular weight is 366 g/mol. The smallest absolute Gasteiger partial charge is 0.251 e. The number of likely N-dealkylation sites (tertiary alicyclic amines) is 1. The Morgan fingerprint density at radius 1 is 1.15 bits per heavy atom. The summed E-state index contributed by atoms with van der Waals surface area (Å²) in [6.45, 7) is 5.78. The van der Waals surface area contributed by atoms with E-state index in [-0.39, 0.29) is 17.9 Å². The molecule has 1 aliphatic rings. The molecule has 3 rings (SSSR count). The number of benzene rings is 2. The van der Waals surface area contributed by atoms with Crippen molar-refractivity contribution >= 4 is 11.8 Å². The lowest BCUT2D eigenvalue weighted by atomic mass is 10.1. The van der Waals surface area contributed by atoms with Crippen molar-refractivity contribution in [3.05, 3.63) is 65.2 Å². The highest BCUT2D eigenvalue weighted by Crippen LogP contribution is 2.15. The van der Waals surface area contributed by atoms with Crippen LogP contribution in [0.4, 0.5) is 0 Å². The van der Waals surface area contributed by atoms with Crippen LogP contribution in [0.2, 0.25) is 0 Å². The van der Waals surface area contributed by atoms with E-state index in [1.807, 2.05) is 55.1 Å². The Hall–Kier alpha value is -2.82. The molecule has 2 aromatic carbocycles. The summed E-state index contributed by atoms with van der Waals surface area (Å²) in [7, 11) is 0. The van der Waals surface area contributed by atoms with Gasteiger partial charge in [0, 0.05) is 25.1 Å².